The lowest BCUT2D eigenvalue weighted by molar-refractivity contribution is 0.284. The minimum atomic E-state index is 0.109. The molecule has 156 valence electrons. The Labute approximate surface area is 182 Å². The molecule has 1 heteroatoms. The van der Waals surface area contributed by atoms with Crippen LogP contribution in [0.25, 0.3) is 10.8 Å². The highest BCUT2D eigenvalue weighted by Crippen LogP contribution is 2.56. The first kappa shape index (κ1) is 19.7. The number of hydrogen-bond donors (Lipinski definition) is 0. The van der Waals surface area contributed by atoms with Gasteiger partial charge in [0.2, 0.25) is 0 Å². The van der Waals surface area contributed by atoms with Gasteiger partial charge in [-0.25, -0.2) is 0 Å². The van der Waals surface area contributed by atoms with E-state index in [1.807, 2.05) is 0 Å². The molecule has 1 heterocycles. The van der Waals surface area contributed by atoms with Gasteiger partial charge in [-0.15, -0.1) is 0 Å². The Morgan fingerprint density at radius 3 is 2.20 bits per heavy atom. The van der Waals surface area contributed by atoms with E-state index in [2.05, 4.69) is 94.1 Å². The predicted molar refractivity (Wildman–Crippen MR) is 129 cm³/mol. The van der Waals surface area contributed by atoms with Gasteiger partial charge in [0.25, 0.3) is 0 Å². The first-order valence-electron chi connectivity index (χ1n) is 11.8. The lowest BCUT2D eigenvalue weighted by atomic mass is 9.75. The van der Waals surface area contributed by atoms with Crippen molar-refractivity contribution >= 4 is 16.5 Å². The molecular weight excluding hydrogens is 362 g/mol. The maximum Gasteiger partial charge on any atom is 0.0663 e. The number of rotatable bonds is 1. The van der Waals surface area contributed by atoms with E-state index in [4.69, 9.17) is 0 Å². The van der Waals surface area contributed by atoms with E-state index in [-0.39, 0.29) is 11.0 Å². The third-order valence-electron chi connectivity index (χ3n) is 7.80. The van der Waals surface area contributed by atoms with Gasteiger partial charge in [-0.3, -0.25) is 0 Å². The van der Waals surface area contributed by atoms with Crippen LogP contribution in [-0.2, 0) is 11.0 Å². The molecule has 0 aromatic heterocycles. The molecular formula is C29H35N. The lowest BCUT2D eigenvalue weighted by Gasteiger charge is -2.46. The number of fused-ring (bicyclic) bond motifs is 3. The molecule has 5 rings (SSSR count). The van der Waals surface area contributed by atoms with Crippen LogP contribution in [0.15, 0.2) is 54.6 Å². The van der Waals surface area contributed by atoms with Crippen LogP contribution in [-0.4, -0.2) is 0 Å². The smallest absolute Gasteiger partial charge is 0.0663 e. The Morgan fingerprint density at radius 2 is 1.50 bits per heavy atom. The number of hydrogen-bond acceptors (Lipinski definition) is 1. The fraction of sp³-hybridized carbons (Fsp3) is 0.448. The number of anilines is 1. The van der Waals surface area contributed by atoms with Gasteiger partial charge >= 0.3 is 0 Å². The van der Waals surface area contributed by atoms with E-state index >= 15 is 0 Å². The highest BCUT2D eigenvalue weighted by Gasteiger charge is 2.49. The Balaban J connectivity index is 1.80. The lowest BCUT2D eigenvalue weighted by Crippen LogP contribution is -2.44. The van der Waals surface area contributed by atoms with Gasteiger partial charge in [0.05, 0.1) is 11.6 Å². The molecule has 0 saturated heterocycles. The Kier molecular flexibility index (Phi) is 4.51. The summed E-state index contributed by atoms with van der Waals surface area (Å²) in [5.41, 5.74) is 7.72. The fourth-order valence-electron chi connectivity index (χ4n) is 6.39. The molecule has 1 aliphatic carbocycles. The van der Waals surface area contributed by atoms with Gasteiger partial charge in [-0.2, -0.15) is 0 Å². The van der Waals surface area contributed by atoms with Gasteiger partial charge in [-0.05, 0) is 71.2 Å². The molecule has 0 amide bonds. The molecule has 0 radical (unpaired) electrons. The molecule has 1 spiro atoms. The highest BCUT2D eigenvalue weighted by molar-refractivity contribution is 5.94. The Morgan fingerprint density at radius 1 is 0.867 bits per heavy atom. The van der Waals surface area contributed by atoms with Crippen LogP contribution in [0.3, 0.4) is 0 Å². The second-order valence-corrected chi connectivity index (χ2v) is 10.6. The maximum atomic E-state index is 2.83. The monoisotopic (exact) mass is 397 g/mol. The Bertz CT molecular complexity index is 1100. The van der Waals surface area contributed by atoms with E-state index in [0.717, 1.165) is 0 Å². The van der Waals surface area contributed by atoms with Gasteiger partial charge in [0.1, 0.15) is 0 Å². The van der Waals surface area contributed by atoms with Gasteiger partial charge in [-0.1, -0.05) is 88.6 Å². The van der Waals surface area contributed by atoms with Crippen LogP contribution in [0.4, 0.5) is 5.69 Å². The molecule has 1 aliphatic heterocycles. The fourth-order valence-corrected chi connectivity index (χ4v) is 6.39. The molecule has 1 saturated carbocycles. The summed E-state index contributed by atoms with van der Waals surface area (Å²) in [6, 6.07) is 21.2. The van der Waals surface area contributed by atoms with Crippen LogP contribution in [0.2, 0.25) is 0 Å². The first-order valence-corrected chi connectivity index (χ1v) is 11.8. The second-order valence-electron chi connectivity index (χ2n) is 10.6. The minimum absolute atomic E-state index is 0.109. The van der Waals surface area contributed by atoms with Crippen LogP contribution in [0.5, 0.6) is 0 Å². The number of benzene rings is 3. The van der Waals surface area contributed by atoms with Crippen molar-refractivity contribution in [2.75, 3.05) is 4.90 Å². The molecule has 3 aromatic rings. The maximum absolute atomic E-state index is 2.83. The zero-order valence-corrected chi connectivity index (χ0v) is 19.3. The minimum Gasteiger partial charge on any atom is -0.355 e. The SMILES string of the molecule is Cc1c(N2C(C)c3ccccc3C23CCCCC3)cc(C(C)(C)C)c2ccccc12. The van der Waals surface area contributed by atoms with Crippen molar-refractivity contribution < 1.29 is 0 Å². The summed E-state index contributed by atoms with van der Waals surface area (Å²) >= 11 is 0. The standard InChI is InChI=1S/C29H35N/c1-20-22-13-7-8-15-24(22)26(28(3,4)5)19-27(20)30-21(2)23-14-9-10-16-25(23)29(30)17-11-6-12-18-29/h7-10,13-16,19,21H,6,11-12,17-18H2,1-5H3. The summed E-state index contributed by atoms with van der Waals surface area (Å²) in [4.78, 5) is 2.83. The van der Waals surface area contributed by atoms with Crippen LogP contribution in [0, 0.1) is 6.92 Å². The number of nitrogens with zero attached hydrogens (tertiary/aromatic N) is 1. The molecule has 1 atom stereocenters. The second kappa shape index (κ2) is 6.87. The first-order chi connectivity index (χ1) is 14.3. The molecule has 0 bridgehead atoms. The topological polar surface area (TPSA) is 3.24 Å². The number of aryl methyl sites for hydroxylation is 1. The quantitative estimate of drug-likeness (QED) is 0.400. The summed E-state index contributed by atoms with van der Waals surface area (Å²) < 4.78 is 0. The highest BCUT2D eigenvalue weighted by atomic mass is 15.3. The van der Waals surface area contributed by atoms with Crippen molar-refractivity contribution in [3.63, 3.8) is 0 Å². The third kappa shape index (κ3) is 2.74. The molecule has 1 unspecified atom stereocenters. The van der Waals surface area contributed by atoms with Gasteiger partial charge in [0, 0.05) is 5.69 Å². The largest absolute Gasteiger partial charge is 0.355 e. The van der Waals surface area contributed by atoms with E-state index < -0.39 is 0 Å². The summed E-state index contributed by atoms with van der Waals surface area (Å²) in [5, 5.41) is 2.82. The van der Waals surface area contributed by atoms with Crippen molar-refractivity contribution in [2.24, 2.45) is 0 Å². The van der Waals surface area contributed by atoms with Gasteiger partial charge in [0.15, 0.2) is 0 Å². The van der Waals surface area contributed by atoms with E-state index in [0.29, 0.717) is 6.04 Å². The van der Waals surface area contributed by atoms with Crippen LogP contribution >= 0.6 is 0 Å². The molecule has 0 N–H and O–H groups in total. The van der Waals surface area contributed by atoms with Crippen LogP contribution < -0.4 is 4.90 Å². The normalized spacial score (nSPS) is 20.7. The average Bonchev–Trinajstić information content (AvgIpc) is 2.97. The van der Waals surface area contributed by atoms with Crippen molar-refractivity contribution in [3.05, 3.63) is 76.9 Å². The summed E-state index contributed by atoms with van der Waals surface area (Å²) in [6.07, 6.45) is 6.57. The molecule has 1 fully saturated rings. The van der Waals surface area contributed by atoms with Crippen molar-refractivity contribution in [3.8, 4) is 0 Å². The zero-order valence-electron chi connectivity index (χ0n) is 19.3. The van der Waals surface area contributed by atoms with Crippen LogP contribution in [0.1, 0.15) is 88.1 Å². The summed E-state index contributed by atoms with van der Waals surface area (Å²) in [6.45, 7) is 11.8. The van der Waals surface area contributed by atoms with E-state index in [1.165, 1.54) is 65.3 Å². The zero-order chi connectivity index (χ0) is 21.1. The van der Waals surface area contributed by atoms with Crippen molar-refractivity contribution in [2.45, 2.75) is 83.7 Å². The predicted octanol–water partition coefficient (Wildman–Crippen LogP) is 8.19. The van der Waals surface area contributed by atoms with Crippen molar-refractivity contribution in [1.82, 2.24) is 0 Å². The molecule has 2 aliphatic rings. The molecule has 3 aromatic carbocycles. The molecule has 30 heavy (non-hydrogen) atoms. The summed E-state index contributed by atoms with van der Waals surface area (Å²) in [7, 11) is 0. The summed E-state index contributed by atoms with van der Waals surface area (Å²) in [5.74, 6) is 0. The van der Waals surface area contributed by atoms with Crippen molar-refractivity contribution in [1.29, 1.82) is 0 Å². The van der Waals surface area contributed by atoms with E-state index in [1.54, 1.807) is 5.56 Å². The average molecular weight is 398 g/mol. The van der Waals surface area contributed by atoms with E-state index in [9.17, 15) is 0 Å². The molecule has 1 nitrogen and oxygen atoms in total. The Hall–Kier alpha value is -2.28. The third-order valence-corrected chi connectivity index (χ3v) is 7.80. The van der Waals surface area contributed by atoms with Gasteiger partial charge < -0.3 is 4.90 Å².